The van der Waals surface area contributed by atoms with Gasteiger partial charge in [0.2, 0.25) is 5.91 Å². The minimum absolute atomic E-state index is 0.00599. The standard InChI is InChI=1S/C23H31NO4/c1-21-7-3-14(25)11-13(21)12-15(20(24)27)19-16(21)4-8-22(2)17(19)5-9-23(22)10-6-18(26)28-23/h11,15-17,19H,3-10,12H2,1-2H3,(H2,24,27)/t15?,16?,17?,19?,21-,22-,23+/m0/s1. The molecule has 0 aromatic rings. The van der Waals surface area contributed by atoms with Crippen molar-refractivity contribution in [2.45, 2.75) is 77.2 Å². The van der Waals surface area contributed by atoms with Gasteiger partial charge in [-0.3, -0.25) is 14.4 Å². The van der Waals surface area contributed by atoms with E-state index in [1.54, 1.807) is 0 Å². The number of ether oxygens (including phenoxy) is 1. The summed E-state index contributed by atoms with van der Waals surface area (Å²) in [5.41, 5.74) is 6.66. The lowest BCUT2D eigenvalue weighted by atomic mass is 9.44. The smallest absolute Gasteiger partial charge is 0.306 e. The van der Waals surface area contributed by atoms with Gasteiger partial charge in [0.05, 0.1) is 0 Å². The van der Waals surface area contributed by atoms with Crippen molar-refractivity contribution in [3.05, 3.63) is 11.6 Å². The van der Waals surface area contributed by atoms with Crippen LogP contribution in [-0.2, 0) is 19.1 Å². The van der Waals surface area contributed by atoms with Gasteiger partial charge in [-0.2, -0.15) is 0 Å². The summed E-state index contributed by atoms with van der Waals surface area (Å²) < 4.78 is 5.99. The Morgan fingerprint density at radius 2 is 1.82 bits per heavy atom. The third-order valence-corrected chi connectivity index (χ3v) is 9.71. The molecule has 5 aliphatic rings. The number of hydrogen-bond donors (Lipinski definition) is 1. The van der Waals surface area contributed by atoms with E-state index in [1.165, 1.54) is 0 Å². The molecule has 5 heteroatoms. The summed E-state index contributed by atoms with van der Waals surface area (Å²) in [6.45, 7) is 4.61. The van der Waals surface area contributed by atoms with Crippen LogP contribution in [0.4, 0.5) is 0 Å². The molecule has 0 aromatic heterocycles. The lowest BCUT2D eigenvalue weighted by Crippen LogP contribution is -2.58. The lowest BCUT2D eigenvalue weighted by molar-refractivity contribution is -0.172. The van der Waals surface area contributed by atoms with Gasteiger partial charge < -0.3 is 10.5 Å². The molecule has 152 valence electrons. The Bertz CT molecular complexity index is 802. The van der Waals surface area contributed by atoms with Crippen molar-refractivity contribution in [2.75, 3.05) is 0 Å². The summed E-state index contributed by atoms with van der Waals surface area (Å²) in [5.74, 6) is 0.630. The van der Waals surface area contributed by atoms with E-state index in [-0.39, 0.29) is 45.9 Å². The molecule has 1 saturated heterocycles. The van der Waals surface area contributed by atoms with Crippen molar-refractivity contribution < 1.29 is 19.1 Å². The van der Waals surface area contributed by atoms with Crippen LogP contribution in [0.15, 0.2) is 11.6 Å². The van der Waals surface area contributed by atoms with E-state index in [9.17, 15) is 14.4 Å². The largest absolute Gasteiger partial charge is 0.458 e. The van der Waals surface area contributed by atoms with Crippen LogP contribution >= 0.6 is 0 Å². The van der Waals surface area contributed by atoms with E-state index in [4.69, 9.17) is 10.5 Å². The fourth-order valence-corrected chi connectivity index (χ4v) is 8.15. The molecular weight excluding hydrogens is 354 g/mol. The van der Waals surface area contributed by atoms with Crippen LogP contribution in [0.5, 0.6) is 0 Å². The lowest BCUT2D eigenvalue weighted by Gasteiger charge is -2.60. The van der Waals surface area contributed by atoms with Crippen molar-refractivity contribution in [3.63, 3.8) is 0 Å². The SMILES string of the molecule is C[C@]12CCC(=O)C=C1CC(C(N)=O)C1C2CC[C@@]2(C)C1CC[C@@]21CCC(=O)O1. The number of amides is 1. The van der Waals surface area contributed by atoms with E-state index in [2.05, 4.69) is 13.8 Å². The van der Waals surface area contributed by atoms with Gasteiger partial charge in [0, 0.05) is 24.2 Å². The van der Waals surface area contributed by atoms with Gasteiger partial charge in [-0.25, -0.2) is 0 Å². The summed E-state index contributed by atoms with van der Waals surface area (Å²) in [7, 11) is 0. The Morgan fingerprint density at radius 1 is 1.07 bits per heavy atom. The molecule has 2 N–H and O–H groups in total. The Kier molecular flexibility index (Phi) is 3.74. The summed E-state index contributed by atoms with van der Waals surface area (Å²) in [5, 5.41) is 0. The Balaban J connectivity index is 1.57. The number of allylic oxidation sites excluding steroid dienone is 1. The van der Waals surface area contributed by atoms with Crippen LogP contribution < -0.4 is 5.73 Å². The third kappa shape index (κ3) is 2.16. The van der Waals surface area contributed by atoms with Crippen LogP contribution in [-0.4, -0.2) is 23.3 Å². The third-order valence-electron chi connectivity index (χ3n) is 9.71. The van der Waals surface area contributed by atoms with Crippen LogP contribution in [0.2, 0.25) is 0 Å². The molecule has 1 spiro atoms. The van der Waals surface area contributed by atoms with Gasteiger partial charge in [-0.15, -0.1) is 0 Å². The van der Waals surface area contributed by atoms with Crippen LogP contribution in [0.1, 0.15) is 71.6 Å². The second kappa shape index (κ2) is 5.70. The first-order valence-electron chi connectivity index (χ1n) is 11.0. The number of nitrogens with two attached hydrogens (primary N) is 1. The molecule has 4 unspecified atom stereocenters. The Morgan fingerprint density at radius 3 is 2.50 bits per heavy atom. The summed E-state index contributed by atoms with van der Waals surface area (Å²) >= 11 is 0. The zero-order valence-corrected chi connectivity index (χ0v) is 17.0. The minimum Gasteiger partial charge on any atom is -0.458 e. The van der Waals surface area contributed by atoms with Gasteiger partial charge in [-0.1, -0.05) is 19.4 Å². The first kappa shape index (κ1) is 18.4. The molecular formula is C23H31NO4. The molecule has 1 heterocycles. The minimum atomic E-state index is -0.346. The molecule has 4 aliphatic carbocycles. The molecule has 5 nitrogen and oxygen atoms in total. The predicted octanol–water partition coefficient (Wildman–Crippen LogP) is 3.31. The number of esters is 1. The summed E-state index contributed by atoms with van der Waals surface area (Å²) in [6.07, 6.45) is 9.21. The topological polar surface area (TPSA) is 86.5 Å². The van der Waals surface area contributed by atoms with Crippen molar-refractivity contribution in [2.24, 2.45) is 40.2 Å². The van der Waals surface area contributed by atoms with Crippen molar-refractivity contribution >= 4 is 17.7 Å². The fraction of sp³-hybridized carbons (Fsp3) is 0.783. The zero-order valence-electron chi connectivity index (χ0n) is 17.0. The van der Waals surface area contributed by atoms with E-state index >= 15 is 0 Å². The van der Waals surface area contributed by atoms with Gasteiger partial charge in [0.25, 0.3) is 0 Å². The maximum atomic E-state index is 12.6. The molecule has 7 atom stereocenters. The maximum absolute atomic E-state index is 12.6. The van der Waals surface area contributed by atoms with Crippen LogP contribution in [0.3, 0.4) is 0 Å². The number of ketones is 1. The van der Waals surface area contributed by atoms with Crippen molar-refractivity contribution in [1.82, 2.24) is 0 Å². The second-order valence-corrected chi connectivity index (χ2v) is 10.5. The maximum Gasteiger partial charge on any atom is 0.306 e. The Labute approximate surface area is 166 Å². The number of fused-ring (bicyclic) bond motifs is 6. The van der Waals surface area contributed by atoms with E-state index in [0.29, 0.717) is 31.1 Å². The van der Waals surface area contributed by atoms with Crippen LogP contribution in [0, 0.1) is 34.5 Å². The zero-order chi connectivity index (χ0) is 19.9. The molecule has 5 rings (SSSR count). The molecule has 0 bridgehead atoms. The summed E-state index contributed by atoms with van der Waals surface area (Å²) in [6, 6.07) is 0. The van der Waals surface area contributed by atoms with Crippen LogP contribution in [0.25, 0.3) is 0 Å². The quantitative estimate of drug-likeness (QED) is 0.702. The highest BCUT2D eigenvalue weighted by Gasteiger charge is 2.68. The normalized spacial score (nSPS) is 49.9. The molecule has 3 saturated carbocycles. The van der Waals surface area contributed by atoms with Gasteiger partial charge in [-0.05, 0) is 74.2 Å². The molecule has 28 heavy (non-hydrogen) atoms. The molecule has 0 aromatic carbocycles. The van der Waals surface area contributed by atoms with E-state index in [0.717, 1.165) is 44.1 Å². The molecule has 4 fully saturated rings. The van der Waals surface area contributed by atoms with E-state index < -0.39 is 0 Å². The number of carbonyl (C=O) groups is 3. The second-order valence-electron chi connectivity index (χ2n) is 10.5. The molecule has 0 radical (unpaired) electrons. The first-order chi connectivity index (χ1) is 13.2. The van der Waals surface area contributed by atoms with Gasteiger partial charge in [0.1, 0.15) is 5.60 Å². The van der Waals surface area contributed by atoms with E-state index in [1.807, 2.05) is 6.08 Å². The van der Waals surface area contributed by atoms with Crippen molar-refractivity contribution in [1.29, 1.82) is 0 Å². The fourth-order valence-electron chi connectivity index (χ4n) is 8.15. The molecule has 1 amide bonds. The average Bonchev–Trinajstić information content (AvgIpc) is 3.16. The Hall–Kier alpha value is -1.65. The summed E-state index contributed by atoms with van der Waals surface area (Å²) in [4.78, 5) is 36.7. The number of primary amides is 1. The molecule has 1 aliphatic heterocycles. The number of rotatable bonds is 1. The predicted molar refractivity (Wildman–Crippen MR) is 103 cm³/mol. The highest BCUT2D eigenvalue weighted by Crippen LogP contribution is 2.70. The first-order valence-corrected chi connectivity index (χ1v) is 11.0. The number of carbonyl (C=O) groups excluding carboxylic acids is 3. The van der Waals surface area contributed by atoms with Gasteiger partial charge in [0.15, 0.2) is 5.78 Å². The van der Waals surface area contributed by atoms with Gasteiger partial charge >= 0.3 is 5.97 Å². The highest BCUT2D eigenvalue weighted by atomic mass is 16.6. The highest BCUT2D eigenvalue weighted by molar-refractivity contribution is 5.92. The van der Waals surface area contributed by atoms with Crippen molar-refractivity contribution in [3.8, 4) is 0 Å². The monoisotopic (exact) mass is 385 g/mol. The average molecular weight is 386 g/mol. The number of hydrogen-bond acceptors (Lipinski definition) is 4.